The summed E-state index contributed by atoms with van der Waals surface area (Å²) in [7, 11) is 1.46. The summed E-state index contributed by atoms with van der Waals surface area (Å²) in [5.41, 5.74) is -0.488. The molecule has 0 fully saturated rings. The van der Waals surface area contributed by atoms with Crippen molar-refractivity contribution < 1.29 is 4.79 Å². The van der Waals surface area contributed by atoms with Gasteiger partial charge in [-0.25, -0.2) is 14.8 Å². The first kappa shape index (κ1) is 19.4. The minimum atomic E-state index is -0.703. The number of aryl methyl sites for hydroxylation is 3. The van der Waals surface area contributed by atoms with Crippen LogP contribution >= 0.6 is 0 Å². The first-order valence-corrected chi connectivity index (χ1v) is 8.57. The standard InChI is InChI=1S/C17H24N6O3/c1-4-5-6-13-20-11(2)9-14(21-13)18-7-8-19-15(24)12-10-23(3)17(26)22-16(12)25/h9-10H,4-8H2,1-3H3,(H,19,24)(H,18,20,21)(H,22,25,26). The Morgan fingerprint density at radius 2 is 2.04 bits per heavy atom. The van der Waals surface area contributed by atoms with Crippen LogP contribution in [0.25, 0.3) is 0 Å². The average molecular weight is 360 g/mol. The molecule has 0 aliphatic heterocycles. The van der Waals surface area contributed by atoms with E-state index in [4.69, 9.17) is 0 Å². The number of carbonyl (C=O) groups is 1. The summed E-state index contributed by atoms with van der Waals surface area (Å²) in [6.07, 6.45) is 4.17. The van der Waals surface area contributed by atoms with E-state index in [0.29, 0.717) is 18.9 Å². The number of hydrogen-bond acceptors (Lipinski definition) is 6. The lowest BCUT2D eigenvalue weighted by molar-refractivity contribution is 0.0952. The Balaban J connectivity index is 1.90. The minimum absolute atomic E-state index is 0.105. The highest BCUT2D eigenvalue weighted by atomic mass is 16.2. The molecule has 3 N–H and O–H groups in total. The number of anilines is 1. The number of carbonyl (C=O) groups excluding carboxylic acids is 1. The highest BCUT2D eigenvalue weighted by Gasteiger charge is 2.11. The Morgan fingerprint density at radius 1 is 1.27 bits per heavy atom. The molecule has 0 aliphatic rings. The normalized spacial score (nSPS) is 10.6. The van der Waals surface area contributed by atoms with Crippen LogP contribution in [0, 0.1) is 6.92 Å². The van der Waals surface area contributed by atoms with Crippen molar-refractivity contribution in [3.05, 3.63) is 50.2 Å². The van der Waals surface area contributed by atoms with Crippen LogP contribution in [-0.2, 0) is 13.5 Å². The van der Waals surface area contributed by atoms with Gasteiger partial charge in [0.15, 0.2) is 0 Å². The van der Waals surface area contributed by atoms with Crippen molar-refractivity contribution >= 4 is 11.7 Å². The molecule has 2 aromatic heterocycles. The van der Waals surface area contributed by atoms with Gasteiger partial charge in [-0.2, -0.15) is 0 Å². The van der Waals surface area contributed by atoms with E-state index in [9.17, 15) is 14.4 Å². The van der Waals surface area contributed by atoms with Crippen LogP contribution in [-0.4, -0.2) is 38.5 Å². The Kier molecular flexibility index (Phi) is 6.65. The monoisotopic (exact) mass is 360 g/mol. The SMILES string of the molecule is CCCCc1nc(C)cc(NCCNC(=O)c2cn(C)c(=O)[nH]c2=O)n1. The number of amides is 1. The van der Waals surface area contributed by atoms with Crippen molar-refractivity contribution in [2.75, 3.05) is 18.4 Å². The third-order valence-corrected chi connectivity index (χ3v) is 3.72. The van der Waals surface area contributed by atoms with Gasteiger partial charge >= 0.3 is 5.69 Å². The second kappa shape index (κ2) is 8.93. The Morgan fingerprint density at radius 3 is 2.77 bits per heavy atom. The summed E-state index contributed by atoms with van der Waals surface area (Å²) in [5, 5.41) is 5.78. The van der Waals surface area contributed by atoms with Gasteiger partial charge in [-0.05, 0) is 13.3 Å². The fourth-order valence-electron chi connectivity index (χ4n) is 2.35. The molecular formula is C17H24N6O3. The summed E-state index contributed by atoms with van der Waals surface area (Å²) >= 11 is 0. The van der Waals surface area contributed by atoms with Crippen molar-refractivity contribution in [2.45, 2.75) is 33.1 Å². The molecule has 0 saturated carbocycles. The first-order valence-electron chi connectivity index (χ1n) is 8.57. The molecule has 26 heavy (non-hydrogen) atoms. The maximum absolute atomic E-state index is 12.1. The molecular weight excluding hydrogens is 336 g/mol. The number of aromatic amines is 1. The van der Waals surface area contributed by atoms with Crippen LogP contribution in [0.1, 0.15) is 41.6 Å². The van der Waals surface area contributed by atoms with E-state index < -0.39 is 17.2 Å². The van der Waals surface area contributed by atoms with E-state index in [1.54, 1.807) is 0 Å². The van der Waals surface area contributed by atoms with E-state index in [1.165, 1.54) is 13.2 Å². The molecule has 0 aliphatic carbocycles. The minimum Gasteiger partial charge on any atom is -0.368 e. The number of rotatable bonds is 8. The first-order chi connectivity index (χ1) is 12.4. The molecule has 0 saturated heterocycles. The molecule has 0 aromatic carbocycles. The van der Waals surface area contributed by atoms with Crippen LogP contribution in [0.2, 0.25) is 0 Å². The second-order valence-electron chi connectivity index (χ2n) is 6.01. The van der Waals surface area contributed by atoms with E-state index in [1.807, 2.05) is 13.0 Å². The van der Waals surface area contributed by atoms with Crippen LogP contribution in [0.3, 0.4) is 0 Å². The Labute approximate surface area is 150 Å². The van der Waals surface area contributed by atoms with Gasteiger partial charge in [-0.1, -0.05) is 13.3 Å². The molecule has 9 heteroatoms. The van der Waals surface area contributed by atoms with E-state index in [0.717, 1.165) is 35.3 Å². The summed E-state index contributed by atoms with van der Waals surface area (Å²) in [5.74, 6) is 0.971. The number of unbranched alkanes of at least 4 members (excludes halogenated alkanes) is 1. The summed E-state index contributed by atoms with van der Waals surface area (Å²) < 4.78 is 1.15. The molecule has 0 radical (unpaired) electrons. The van der Waals surface area contributed by atoms with E-state index in [2.05, 4.69) is 32.5 Å². The van der Waals surface area contributed by atoms with Gasteiger partial charge < -0.3 is 15.2 Å². The molecule has 9 nitrogen and oxygen atoms in total. The maximum Gasteiger partial charge on any atom is 0.328 e. The predicted octanol–water partition coefficient (Wildman–Crippen LogP) is 0.357. The predicted molar refractivity (Wildman–Crippen MR) is 98.5 cm³/mol. The second-order valence-corrected chi connectivity index (χ2v) is 6.01. The number of nitrogens with zero attached hydrogens (tertiary/aromatic N) is 3. The average Bonchev–Trinajstić information content (AvgIpc) is 2.59. The van der Waals surface area contributed by atoms with Gasteiger partial charge in [0.05, 0.1) is 0 Å². The van der Waals surface area contributed by atoms with Gasteiger partial charge in [0.1, 0.15) is 17.2 Å². The van der Waals surface area contributed by atoms with E-state index in [-0.39, 0.29) is 5.56 Å². The van der Waals surface area contributed by atoms with Gasteiger partial charge in [0.2, 0.25) is 0 Å². The number of hydrogen-bond donors (Lipinski definition) is 3. The molecule has 0 atom stereocenters. The molecule has 2 rings (SSSR count). The number of H-pyrrole nitrogens is 1. The van der Waals surface area contributed by atoms with Crippen LogP contribution < -0.4 is 21.9 Å². The zero-order valence-corrected chi connectivity index (χ0v) is 15.3. The summed E-state index contributed by atoms with van der Waals surface area (Å²) in [6.45, 7) is 4.77. The lowest BCUT2D eigenvalue weighted by atomic mass is 10.2. The lowest BCUT2D eigenvalue weighted by Gasteiger charge is -2.09. The third kappa shape index (κ3) is 5.27. The summed E-state index contributed by atoms with van der Waals surface area (Å²) in [6, 6.07) is 1.84. The lowest BCUT2D eigenvalue weighted by Crippen LogP contribution is -2.37. The molecule has 140 valence electrons. The maximum atomic E-state index is 12.1. The van der Waals surface area contributed by atoms with E-state index >= 15 is 0 Å². The zero-order valence-electron chi connectivity index (χ0n) is 15.3. The third-order valence-electron chi connectivity index (χ3n) is 3.72. The van der Waals surface area contributed by atoms with Crippen LogP contribution in [0.15, 0.2) is 21.9 Å². The molecule has 2 aromatic rings. The molecule has 2 heterocycles. The van der Waals surface area contributed by atoms with Crippen molar-refractivity contribution in [3.63, 3.8) is 0 Å². The van der Waals surface area contributed by atoms with Crippen molar-refractivity contribution in [1.82, 2.24) is 24.8 Å². The fourth-order valence-corrected chi connectivity index (χ4v) is 2.35. The van der Waals surface area contributed by atoms with Crippen LogP contribution in [0.4, 0.5) is 5.82 Å². The van der Waals surface area contributed by atoms with Gasteiger partial charge in [0, 0.05) is 44.5 Å². The molecule has 0 unspecified atom stereocenters. The highest BCUT2D eigenvalue weighted by Crippen LogP contribution is 2.08. The Hall–Kier alpha value is -2.97. The van der Waals surface area contributed by atoms with Crippen LogP contribution in [0.5, 0.6) is 0 Å². The largest absolute Gasteiger partial charge is 0.368 e. The van der Waals surface area contributed by atoms with Crippen molar-refractivity contribution in [3.8, 4) is 0 Å². The fraction of sp³-hybridized carbons (Fsp3) is 0.471. The van der Waals surface area contributed by atoms with Gasteiger partial charge in [-0.15, -0.1) is 0 Å². The van der Waals surface area contributed by atoms with Crippen molar-refractivity contribution in [2.24, 2.45) is 7.05 Å². The number of aromatic nitrogens is 4. The van der Waals surface area contributed by atoms with Crippen molar-refractivity contribution in [1.29, 1.82) is 0 Å². The van der Waals surface area contributed by atoms with Gasteiger partial charge in [-0.3, -0.25) is 14.6 Å². The topological polar surface area (TPSA) is 122 Å². The smallest absolute Gasteiger partial charge is 0.328 e. The molecule has 1 amide bonds. The Bertz CT molecular complexity index is 887. The highest BCUT2D eigenvalue weighted by molar-refractivity contribution is 5.93. The molecule has 0 spiro atoms. The van der Waals surface area contributed by atoms with Gasteiger partial charge in [0.25, 0.3) is 11.5 Å². The summed E-state index contributed by atoms with van der Waals surface area (Å²) in [4.78, 5) is 46.0. The number of nitrogens with one attached hydrogen (secondary N) is 3. The quantitative estimate of drug-likeness (QED) is 0.584. The molecule has 0 bridgehead atoms. The zero-order chi connectivity index (χ0) is 19.1.